The maximum Gasteiger partial charge on any atom is 0.179 e. The van der Waals surface area contributed by atoms with Crippen molar-refractivity contribution in [1.29, 1.82) is 0 Å². The number of alkyl halides is 1. The van der Waals surface area contributed by atoms with Gasteiger partial charge in [-0.05, 0) is 12.1 Å². The van der Waals surface area contributed by atoms with Crippen LogP contribution in [0.2, 0.25) is 10.0 Å². The Kier molecular flexibility index (Phi) is 4.05. The van der Waals surface area contributed by atoms with Gasteiger partial charge in [0.25, 0.3) is 0 Å². The zero-order chi connectivity index (χ0) is 10.7. The molecular weight excluding hydrogens is 246 g/mol. The Morgan fingerprint density at radius 1 is 1.36 bits per heavy atom. The number of Topliss-reactive ketones (excluding diaryl/α,β-unsaturated/α-hetero) is 1. The zero-order valence-corrected chi connectivity index (χ0v) is 9.58. The van der Waals surface area contributed by atoms with Crippen molar-refractivity contribution in [1.82, 2.24) is 0 Å². The smallest absolute Gasteiger partial charge is 0.179 e. The van der Waals surface area contributed by atoms with E-state index in [0.717, 1.165) is 0 Å². The molecule has 0 aliphatic heterocycles. The minimum atomic E-state index is -0.263. The number of benzene rings is 1. The molecule has 0 aromatic heterocycles. The lowest BCUT2D eigenvalue weighted by Gasteiger charge is -2.07. The third-order valence-electron chi connectivity index (χ3n) is 1.69. The molecule has 14 heavy (non-hydrogen) atoms. The largest absolute Gasteiger partial charge is 0.495 e. The van der Waals surface area contributed by atoms with Crippen molar-refractivity contribution < 1.29 is 9.53 Å². The second-order valence-electron chi connectivity index (χ2n) is 2.50. The third kappa shape index (κ3) is 2.14. The first kappa shape index (κ1) is 11.6. The monoisotopic (exact) mass is 252 g/mol. The van der Waals surface area contributed by atoms with Crippen LogP contribution in [0.15, 0.2) is 12.1 Å². The molecule has 0 saturated heterocycles. The first-order valence-corrected chi connectivity index (χ1v) is 5.02. The van der Waals surface area contributed by atoms with Gasteiger partial charge in [0.1, 0.15) is 10.8 Å². The molecule has 1 aromatic carbocycles. The lowest BCUT2D eigenvalue weighted by Crippen LogP contribution is -2.01. The Balaban J connectivity index is 3.24. The van der Waals surface area contributed by atoms with Crippen molar-refractivity contribution in [2.45, 2.75) is 0 Å². The fourth-order valence-electron chi connectivity index (χ4n) is 0.977. The number of hydrogen-bond donors (Lipinski definition) is 0. The maximum atomic E-state index is 11.3. The summed E-state index contributed by atoms with van der Waals surface area (Å²) < 4.78 is 4.93. The van der Waals surface area contributed by atoms with Crippen LogP contribution in [0.4, 0.5) is 0 Å². The number of ketones is 1. The highest BCUT2D eigenvalue weighted by Crippen LogP contribution is 2.34. The molecule has 0 saturated carbocycles. The third-order valence-corrected chi connectivity index (χ3v) is 2.80. The van der Waals surface area contributed by atoms with Crippen molar-refractivity contribution in [2.24, 2.45) is 0 Å². The lowest BCUT2D eigenvalue weighted by atomic mass is 10.1. The molecule has 0 fully saturated rings. The second-order valence-corrected chi connectivity index (χ2v) is 3.52. The summed E-state index contributed by atoms with van der Waals surface area (Å²) in [7, 11) is 1.47. The molecule has 0 spiro atoms. The number of carbonyl (C=O) groups excluding carboxylic acids is 1. The minimum absolute atomic E-state index is 0.123. The molecule has 76 valence electrons. The van der Waals surface area contributed by atoms with Gasteiger partial charge in [0.15, 0.2) is 5.78 Å². The first-order valence-electron chi connectivity index (χ1n) is 3.73. The van der Waals surface area contributed by atoms with E-state index in [4.69, 9.17) is 39.5 Å². The highest BCUT2D eigenvalue weighted by Gasteiger charge is 2.14. The number of halogens is 3. The summed E-state index contributed by atoms with van der Waals surface area (Å²) in [6, 6.07) is 3.12. The Morgan fingerprint density at radius 3 is 2.50 bits per heavy atom. The van der Waals surface area contributed by atoms with Crippen LogP contribution in [0.25, 0.3) is 0 Å². The zero-order valence-electron chi connectivity index (χ0n) is 7.31. The van der Waals surface area contributed by atoms with E-state index >= 15 is 0 Å². The van der Waals surface area contributed by atoms with E-state index < -0.39 is 0 Å². The molecule has 1 aromatic rings. The summed E-state index contributed by atoms with van der Waals surface area (Å²) in [5.41, 5.74) is 0.312. The summed E-state index contributed by atoms with van der Waals surface area (Å²) in [4.78, 5) is 11.3. The molecule has 1 rings (SSSR count). The van der Waals surface area contributed by atoms with Crippen molar-refractivity contribution in [3.8, 4) is 5.75 Å². The summed E-state index contributed by atoms with van der Waals surface area (Å²) in [6.45, 7) is 0. The highest BCUT2D eigenvalue weighted by molar-refractivity contribution is 6.45. The van der Waals surface area contributed by atoms with E-state index in [1.54, 1.807) is 6.07 Å². The average Bonchev–Trinajstić information content (AvgIpc) is 2.21. The van der Waals surface area contributed by atoms with Gasteiger partial charge < -0.3 is 4.74 Å². The van der Waals surface area contributed by atoms with E-state index in [2.05, 4.69) is 0 Å². The molecule has 2 nitrogen and oxygen atoms in total. The van der Waals surface area contributed by atoms with Gasteiger partial charge >= 0.3 is 0 Å². The minimum Gasteiger partial charge on any atom is -0.495 e. The van der Waals surface area contributed by atoms with Gasteiger partial charge in [-0.2, -0.15) is 0 Å². The molecule has 0 aliphatic carbocycles. The molecule has 5 heteroatoms. The second kappa shape index (κ2) is 4.87. The lowest BCUT2D eigenvalue weighted by molar-refractivity contribution is 0.102. The van der Waals surface area contributed by atoms with E-state index in [0.29, 0.717) is 11.3 Å². The fourth-order valence-corrected chi connectivity index (χ4v) is 1.62. The number of ether oxygens (including phenoxy) is 1. The molecule has 0 radical (unpaired) electrons. The summed E-state index contributed by atoms with van der Waals surface area (Å²) in [5, 5.41) is 0.404. The summed E-state index contributed by atoms with van der Waals surface area (Å²) >= 11 is 17.1. The number of carbonyl (C=O) groups is 1. The van der Waals surface area contributed by atoms with Crippen molar-refractivity contribution in [3.05, 3.63) is 27.7 Å². The van der Waals surface area contributed by atoms with E-state index in [9.17, 15) is 4.79 Å². The standard InChI is InChI=1S/C9H7Cl3O2/c1-14-7-3-2-5(6(13)4-10)8(11)9(7)12/h2-3H,4H2,1H3. The predicted octanol–water partition coefficient (Wildman–Crippen LogP) is 3.42. The topological polar surface area (TPSA) is 26.3 Å². The van der Waals surface area contributed by atoms with Crippen molar-refractivity contribution >= 4 is 40.6 Å². The first-order chi connectivity index (χ1) is 6.61. The van der Waals surface area contributed by atoms with Gasteiger partial charge in [-0.3, -0.25) is 4.79 Å². The Labute approximate surface area is 96.7 Å². The van der Waals surface area contributed by atoms with Crippen LogP contribution >= 0.6 is 34.8 Å². The SMILES string of the molecule is COc1ccc(C(=O)CCl)c(Cl)c1Cl. The molecule has 0 unspecified atom stereocenters. The summed E-state index contributed by atoms with van der Waals surface area (Å²) in [6.07, 6.45) is 0. The maximum absolute atomic E-state index is 11.3. The number of hydrogen-bond acceptors (Lipinski definition) is 2. The quantitative estimate of drug-likeness (QED) is 0.609. The van der Waals surface area contributed by atoms with Crippen LogP contribution in [-0.2, 0) is 0 Å². The number of rotatable bonds is 3. The van der Waals surface area contributed by atoms with Crippen LogP contribution in [0.5, 0.6) is 5.75 Å². The van der Waals surface area contributed by atoms with Gasteiger partial charge in [0.05, 0.1) is 18.0 Å². The molecule has 0 atom stereocenters. The van der Waals surface area contributed by atoms with Gasteiger partial charge in [-0.15, -0.1) is 11.6 Å². The normalized spacial score (nSPS) is 10.0. The summed E-state index contributed by atoms with van der Waals surface area (Å²) in [5.74, 6) is 0.0477. The highest BCUT2D eigenvalue weighted by atomic mass is 35.5. The van der Waals surface area contributed by atoms with E-state index in [1.165, 1.54) is 13.2 Å². The Bertz CT molecular complexity index is 363. The van der Waals surface area contributed by atoms with Crippen LogP contribution in [0.1, 0.15) is 10.4 Å². The average molecular weight is 254 g/mol. The van der Waals surface area contributed by atoms with E-state index in [1.807, 2.05) is 0 Å². The molecular formula is C9H7Cl3O2. The van der Waals surface area contributed by atoms with Crippen LogP contribution in [0, 0.1) is 0 Å². The molecule has 0 N–H and O–H groups in total. The van der Waals surface area contributed by atoms with Gasteiger partial charge in [0, 0.05) is 5.56 Å². The van der Waals surface area contributed by atoms with Crippen LogP contribution in [-0.4, -0.2) is 18.8 Å². The van der Waals surface area contributed by atoms with Gasteiger partial charge in [0.2, 0.25) is 0 Å². The fraction of sp³-hybridized carbons (Fsp3) is 0.222. The number of methoxy groups -OCH3 is 1. The van der Waals surface area contributed by atoms with Crippen LogP contribution < -0.4 is 4.74 Å². The Hall–Kier alpha value is -0.440. The van der Waals surface area contributed by atoms with Crippen molar-refractivity contribution in [3.63, 3.8) is 0 Å². The molecule has 0 bridgehead atoms. The predicted molar refractivity (Wildman–Crippen MR) is 58.1 cm³/mol. The molecule has 0 amide bonds. The molecule has 0 heterocycles. The Morgan fingerprint density at radius 2 is 2.00 bits per heavy atom. The molecule has 0 aliphatic rings. The van der Waals surface area contributed by atoms with Gasteiger partial charge in [-0.1, -0.05) is 23.2 Å². The van der Waals surface area contributed by atoms with Crippen LogP contribution in [0.3, 0.4) is 0 Å². The van der Waals surface area contributed by atoms with Crippen molar-refractivity contribution in [2.75, 3.05) is 13.0 Å². The van der Waals surface area contributed by atoms with E-state index in [-0.39, 0.29) is 21.7 Å². The van der Waals surface area contributed by atoms with Gasteiger partial charge in [-0.25, -0.2) is 0 Å².